The van der Waals surface area contributed by atoms with E-state index in [1.165, 1.54) is 6.07 Å². The lowest BCUT2D eigenvalue weighted by molar-refractivity contribution is -0.115. The molecule has 0 bridgehead atoms. The first kappa shape index (κ1) is 26.7. The molecule has 0 fully saturated rings. The van der Waals surface area contributed by atoms with Crippen LogP contribution in [0.15, 0.2) is 77.0 Å². The van der Waals surface area contributed by atoms with E-state index in [2.05, 4.69) is 47.7 Å². The van der Waals surface area contributed by atoms with Gasteiger partial charge in [-0.3, -0.25) is 14.9 Å². The number of amides is 1. The second kappa shape index (κ2) is 11.0. The normalized spacial score (nSPS) is 16.9. The molecular formula is C29H28F2N8O. The van der Waals surface area contributed by atoms with Crippen molar-refractivity contribution < 1.29 is 13.6 Å². The van der Waals surface area contributed by atoms with Crippen molar-refractivity contribution in [3.05, 3.63) is 89.8 Å². The minimum absolute atomic E-state index is 0.0778. The molecule has 5 rings (SSSR count). The number of benzene rings is 2. The number of aliphatic imine (C=N–C) groups is 2. The molecule has 0 aliphatic carbocycles. The zero-order valence-electron chi connectivity index (χ0n) is 22.2. The van der Waals surface area contributed by atoms with Crippen LogP contribution in [0.3, 0.4) is 0 Å². The minimum Gasteiger partial charge on any atom is -0.371 e. The summed E-state index contributed by atoms with van der Waals surface area (Å²) in [5.41, 5.74) is 4.56. The first-order valence-corrected chi connectivity index (χ1v) is 12.7. The van der Waals surface area contributed by atoms with Gasteiger partial charge in [-0.25, -0.2) is 18.8 Å². The molecular weight excluding hydrogens is 514 g/mol. The van der Waals surface area contributed by atoms with E-state index in [4.69, 9.17) is 0 Å². The molecule has 4 N–H and O–H groups in total. The van der Waals surface area contributed by atoms with E-state index < -0.39 is 23.6 Å². The molecule has 0 saturated heterocycles. The summed E-state index contributed by atoms with van der Waals surface area (Å²) in [7, 11) is 1.81. The van der Waals surface area contributed by atoms with E-state index in [0.29, 0.717) is 29.3 Å². The number of aromatic amines is 1. The molecule has 3 heterocycles. The maximum absolute atomic E-state index is 13.7. The summed E-state index contributed by atoms with van der Waals surface area (Å²) < 4.78 is 27.0. The second-order valence-electron chi connectivity index (χ2n) is 9.49. The van der Waals surface area contributed by atoms with Crippen LogP contribution >= 0.6 is 0 Å². The number of anilines is 1. The summed E-state index contributed by atoms with van der Waals surface area (Å²) in [6, 6.07) is 12.6. The van der Waals surface area contributed by atoms with Gasteiger partial charge in [0.25, 0.3) is 5.91 Å². The molecule has 1 aliphatic heterocycles. The lowest BCUT2D eigenvalue weighted by atomic mass is 10.0. The highest BCUT2D eigenvalue weighted by Crippen LogP contribution is 2.26. The van der Waals surface area contributed by atoms with Gasteiger partial charge in [-0.05, 0) is 48.7 Å². The quantitative estimate of drug-likeness (QED) is 0.271. The highest BCUT2D eigenvalue weighted by Gasteiger charge is 2.27. The Morgan fingerprint density at radius 1 is 1.12 bits per heavy atom. The van der Waals surface area contributed by atoms with E-state index in [1.807, 2.05) is 44.3 Å². The van der Waals surface area contributed by atoms with Crippen molar-refractivity contribution in [3.63, 3.8) is 0 Å². The maximum Gasteiger partial charge on any atom is 0.274 e. The van der Waals surface area contributed by atoms with Crippen LogP contribution < -0.4 is 16.0 Å². The smallest absolute Gasteiger partial charge is 0.274 e. The van der Waals surface area contributed by atoms with Gasteiger partial charge in [-0.15, -0.1) is 0 Å². The van der Waals surface area contributed by atoms with Crippen LogP contribution in [0.1, 0.15) is 31.0 Å². The lowest BCUT2D eigenvalue weighted by Crippen LogP contribution is -2.49. The summed E-state index contributed by atoms with van der Waals surface area (Å²) in [4.78, 5) is 26.6. The fourth-order valence-corrected chi connectivity index (χ4v) is 4.28. The number of hydrogen-bond donors (Lipinski definition) is 4. The second-order valence-corrected chi connectivity index (χ2v) is 9.49. The van der Waals surface area contributed by atoms with Crippen LogP contribution in [-0.4, -0.2) is 45.7 Å². The van der Waals surface area contributed by atoms with Gasteiger partial charge < -0.3 is 16.0 Å². The monoisotopic (exact) mass is 542 g/mol. The Balaban J connectivity index is 1.32. The fourth-order valence-electron chi connectivity index (χ4n) is 4.28. The van der Waals surface area contributed by atoms with Crippen molar-refractivity contribution in [3.8, 4) is 11.1 Å². The molecule has 2 atom stereocenters. The largest absolute Gasteiger partial charge is 0.371 e. The molecule has 0 radical (unpaired) electrons. The Labute approximate surface area is 229 Å². The third-order valence-corrected chi connectivity index (χ3v) is 6.70. The number of hydrogen-bond acceptors (Lipinski definition) is 6. The Kier molecular flexibility index (Phi) is 7.37. The number of H-pyrrole nitrogens is 1. The molecule has 9 nitrogen and oxygen atoms in total. The predicted molar refractivity (Wildman–Crippen MR) is 152 cm³/mol. The standard InChI is InChI=1S/C29H28F2N8O/c1-15-16(2)36-28(25(35-15)29(40)37-17(3)20-9-10-23(30)24(31)12-20)33-13-18-5-7-19(8-6-18)21-11-22-26(32-4)38-39-27(22)34-14-21/h5-12,14,16-17H,1,13H2,2-4H3,(H,33,36)(H,37,40)(H2,32,34,38,39)/t16?,17-/m0/s1. The maximum atomic E-state index is 13.7. The van der Waals surface area contributed by atoms with E-state index in [-0.39, 0.29) is 11.8 Å². The summed E-state index contributed by atoms with van der Waals surface area (Å²) in [6.45, 7) is 7.77. The molecule has 1 amide bonds. The summed E-state index contributed by atoms with van der Waals surface area (Å²) in [6.07, 6.45) is 1.79. The average molecular weight is 543 g/mol. The average Bonchev–Trinajstić information content (AvgIpc) is 3.37. The van der Waals surface area contributed by atoms with Crippen molar-refractivity contribution in [2.45, 2.75) is 32.5 Å². The highest BCUT2D eigenvalue weighted by atomic mass is 19.2. The number of rotatable bonds is 7. The molecule has 2 aromatic carbocycles. The van der Waals surface area contributed by atoms with Crippen molar-refractivity contribution in [1.82, 2.24) is 25.8 Å². The van der Waals surface area contributed by atoms with E-state index >= 15 is 0 Å². The number of fused-ring (bicyclic) bond motifs is 1. The van der Waals surface area contributed by atoms with E-state index in [0.717, 1.165) is 40.0 Å². The van der Waals surface area contributed by atoms with Crippen LogP contribution in [0.5, 0.6) is 0 Å². The van der Waals surface area contributed by atoms with Gasteiger partial charge in [0.1, 0.15) is 0 Å². The summed E-state index contributed by atoms with van der Waals surface area (Å²) in [5.74, 6) is -1.38. The molecule has 204 valence electrons. The summed E-state index contributed by atoms with van der Waals surface area (Å²) in [5, 5.41) is 17.0. The van der Waals surface area contributed by atoms with Crippen LogP contribution in [0.2, 0.25) is 0 Å². The Bertz CT molecular complexity index is 1660. The first-order valence-electron chi connectivity index (χ1n) is 12.7. The van der Waals surface area contributed by atoms with Gasteiger partial charge in [0.05, 0.1) is 29.7 Å². The number of aromatic nitrogens is 3. The molecule has 40 heavy (non-hydrogen) atoms. The van der Waals surface area contributed by atoms with Gasteiger partial charge in [0.15, 0.2) is 34.6 Å². The lowest BCUT2D eigenvalue weighted by Gasteiger charge is -2.25. The first-order chi connectivity index (χ1) is 19.2. The highest BCUT2D eigenvalue weighted by molar-refractivity contribution is 6.67. The number of nitrogens with zero attached hydrogens (tertiary/aromatic N) is 4. The van der Waals surface area contributed by atoms with Crippen LogP contribution in [0.4, 0.5) is 14.6 Å². The fraction of sp³-hybridized carbons (Fsp3) is 0.207. The zero-order valence-corrected chi connectivity index (χ0v) is 22.2. The van der Waals surface area contributed by atoms with Gasteiger partial charge in [0.2, 0.25) is 0 Å². The van der Waals surface area contributed by atoms with Crippen LogP contribution in [0.25, 0.3) is 22.2 Å². The zero-order chi connectivity index (χ0) is 28.4. The Morgan fingerprint density at radius 2 is 1.90 bits per heavy atom. The molecule has 0 saturated carbocycles. The number of nitrogens with one attached hydrogen (secondary N) is 4. The predicted octanol–water partition coefficient (Wildman–Crippen LogP) is 4.67. The van der Waals surface area contributed by atoms with Crippen LogP contribution in [-0.2, 0) is 11.3 Å². The number of amidine groups is 1. The minimum atomic E-state index is -0.980. The van der Waals surface area contributed by atoms with E-state index in [1.54, 1.807) is 13.1 Å². The van der Waals surface area contributed by atoms with E-state index in [9.17, 15) is 13.6 Å². The van der Waals surface area contributed by atoms with Gasteiger partial charge in [0, 0.05) is 18.8 Å². The third-order valence-electron chi connectivity index (χ3n) is 6.70. The van der Waals surface area contributed by atoms with Gasteiger partial charge >= 0.3 is 0 Å². The van der Waals surface area contributed by atoms with Crippen molar-refractivity contribution in [2.24, 2.45) is 9.98 Å². The van der Waals surface area contributed by atoms with Crippen LogP contribution in [0, 0.1) is 11.6 Å². The molecule has 1 aliphatic rings. The SMILES string of the molecule is C=C1N=C(C(=O)N[C@@H](C)c2ccc(F)c(F)c2)C(=NCc2ccc(-c3cnc4[nH]nc(NC)c4c3)cc2)NC1C. The molecule has 0 spiro atoms. The molecule has 1 unspecified atom stereocenters. The van der Waals surface area contributed by atoms with Gasteiger partial charge in [-0.1, -0.05) is 36.9 Å². The topological polar surface area (TPSA) is 119 Å². The Hall–Kier alpha value is -4.93. The van der Waals surface area contributed by atoms with Crippen molar-refractivity contribution >= 4 is 34.3 Å². The number of carbonyl (C=O) groups is 1. The van der Waals surface area contributed by atoms with Crippen molar-refractivity contribution in [2.75, 3.05) is 12.4 Å². The summed E-state index contributed by atoms with van der Waals surface area (Å²) >= 11 is 0. The van der Waals surface area contributed by atoms with Crippen molar-refractivity contribution in [1.29, 1.82) is 0 Å². The number of carbonyl (C=O) groups excluding carboxylic acids is 1. The molecule has 11 heteroatoms. The van der Waals surface area contributed by atoms with Gasteiger partial charge in [-0.2, -0.15) is 5.10 Å². The number of halogens is 2. The molecule has 4 aromatic rings. The molecule has 2 aromatic heterocycles. The third kappa shape index (κ3) is 5.44. The Morgan fingerprint density at radius 3 is 2.62 bits per heavy atom. The number of pyridine rings is 1.